The number of pyridine rings is 1. The summed E-state index contributed by atoms with van der Waals surface area (Å²) in [6, 6.07) is 4.05. The van der Waals surface area contributed by atoms with E-state index in [4.69, 9.17) is 0 Å². The third-order valence-electron chi connectivity index (χ3n) is 3.11. The summed E-state index contributed by atoms with van der Waals surface area (Å²) in [5, 5.41) is 4.35. The van der Waals surface area contributed by atoms with Gasteiger partial charge in [0.1, 0.15) is 0 Å². The van der Waals surface area contributed by atoms with Crippen molar-refractivity contribution in [3.8, 4) is 5.82 Å². The van der Waals surface area contributed by atoms with E-state index in [2.05, 4.69) is 16.1 Å². The minimum Gasteiger partial charge on any atom is -0.298 e. The van der Waals surface area contributed by atoms with Gasteiger partial charge in [-0.3, -0.25) is 4.79 Å². The van der Waals surface area contributed by atoms with Gasteiger partial charge in [-0.2, -0.15) is 5.10 Å². The van der Waals surface area contributed by atoms with Gasteiger partial charge in [-0.15, -0.1) is 0 Å². The smallest absolute Gasteiger partial charge is 0.156 e. The average Bonchev–Trinajstić information content (AvgIpc) is 3.13. The minimum absolute atomic E-state index is 0.614. The molecule has 0 radical (unpaired) electrons. The lowest BCUT2D eigenvalue weighted by Crippen LogP contribution is -2.02. The summed E-state index contributed by atoms with van der Waals surface area (Å²) in [6.07, 6.45) is 6.78. The lowest BCUT2D eigenvalue weighted by Gasteiger charge is -2.06. The van der Waals surface area contributed by atoms with Crippen LogP contribution in [0.15, 0.2) is 24.5 Å². The molecule has 1 saturated carbocycles. The van der Waals surface area contributed by atoms with Crippen molar-refractivity contribution in [3.63, 3.8) is 0 Å². The maximum Gasteiger partial charge on any atom is 0.156 e. The normalized spacial score (nSPS) is 14.9. The second-order valence-corrected chi connectivity index (χ2v) is 4.42. The quantitative estimate of drug-likeness (QED) is 0.756. The molecule has 2 heterocycles. The van der Waals surface area contributed by atoms with Crippen LogP contribution in [0.2, 0.25) is 0 Å². The molecule has 86 valence electrons. The molecule has 2 aromatic heterocycles. The number of aromatic nitrogens is 3. The summed E-state index contributed by atoms with van der Waals surface area (Å²) in [4.78, 5) is 15.2. The molecule has 0 saturated heterocycles. The molecule has 1 aliphatic rings. The third-order valence-corrected chi connectivity index (χ3v) is 3.11. The highest BCUT2D eigenvalue weighted by atomic mass is 16.1. The number of rotatable bonds is 3. The highest BCUT2D eigenvalue weighted by Gasteiger charge is 2.27. The summed E-state index contributed by atoms with van der Waals surface area (Å²) in [5.41, 5.74) is 2.59. The highest BCUT2D eigenvalue weighted by Crippen LogP contribution is 2.41. The van der Waals surface area contributed by atoms with Gasteiger partial charge in [0.2, 0.25) is 0 Å². The summed E-state index contributed by atoms with van der Waals surface area (Å²) < 4.78 is 1.72. The number of carbonyl (C=O) groups is 1. The molecule has 0 atom stereocenters. The van der Waals surface area contributed by atoms with Crippen molar-refractivity contribution in [2.75, 3.05) is 0 Å². The van der Waals surface area contributed by atoms with Crippen LogP contribution in [-0.4, -0.2) is 21.1 Å². The number of nitrogens with zero attached hydrogens (tertiary/aromatic N) is 3. The van der Waals surface area contributed by atoms with E-state index in [0.717, 1.165) is 17.8 Å². The van der Waals surface area contributed by atoms with Gasteiger partial charge in [0, 0.05) is 12.4 Å². The fourth-order valence-corrected chi connectivity index (χ4v) is 2.01. The van der Waals surface area contributed by atoms with Crippen molar-refractivity contribution in [3.05, 3.63) is 41.3 Å². The van der Waals surface area contributed by atoms with Gasteiger partial charge in [0.05, 0.1) is 11.3 Å². The first-order valence-electron chi connectivity index (χ1n) is 5.76. The van der Waals surface area contributed by atoms with Crippen molar-refractivity contribution < 1.29 is 4.79 Å². The first-order chi connectivity index (χ1) is 8.29. The molecule has 0 amide bonds. The number of carbonyl (C=O) groups excluding carboxylic acids is 1. The Kier molecular flexibility index (Phi) is 2.28. The van der Waals surface area contributed by atoms with E-state index >= 15 is 0 Å². The molecule has 1 fully saturated rings. The van der Waals surface area contributed by atoms with Crippen molar-refractivity contribution >= 4 is 6.29 Å². The molecule has 2 aromatic rings. The van der Waals surface area contributed by atoms with E-state index in [1.807, 2.05) is 13.0 Å². The number of aryl methyl sites for hydroxylation is 1. The van der Waals surface area contributed by atoms with Gasteiger partial charge in [-0.25, -0.2) is 9.67 Å². The molecule has 0 bridgehead atoms. The number of hydrogen-bond donors (Lipinski definition) is 0. The van der Waals surface area contributed by atoms with Crippen LogP contribution >= 0.6 is 0 Å². The van der Waals surface area contributed by atoms with Crippen LogP contribution in [0.4, 0.5) is 0 Å². The Balaban J connectivity index is 2.10. The third kappa shape index (κ3) is 1.75. The summed E-state index contributed by atoms with van der Waals surface area (Å²) >= 11 is 0. The lowest BCUT2D eigenvalue weighted by atomic mass is 10.2. The second kappa shape index (κ2) is 3.80. The Morgan fingerprint density at radius 2 is 2.29 bits per heavy atom. The average molecular weight is 227 g/mol. The molecule has 3 rings (SSSR count). The van der Waals surface area contributed by atoms with E-state index in [9.17, 15) is 4.79 Å². The first kappa shape index (κ1) is 10.2. The van der Waals surface area contributed by atoms with Crippen LogP contribution < -0.4 is 0 Å². The number of aldehydes is 1. The van der Waals surface area contributed by atoms with Crippen molar-refractivity contribution in [2.24, 2.45) is 0 Å². The monoisotopic (exact) mass is 227 g/mol. The molecule has 0 spiro atoms. The van der Waals surface area contributed by atoms with Gasteiger partial charge in [-0.05, 0) is 37.3 Å². The molecular weight excluding hydrogens is 214 g/mol. The van der Waals surface area contributed by atoms with Crippen molar-refractivity contribution in [2.45, 2.75) is 25.7 Å². The predicted molar refractivity (Wildman–Crippen MR) is 63.5 cm³/mol. The molecule has 4 heteroatoms. The highest BCUT2D eigenvalue weighted by molar-refractivity contribution is 5.76. The second-order valence-electron chi connectivity index (χ2n) is 4.42. The Bertz CT molecular complexity index is 570. The fraction of sp³-hybridized carbons (Fsp3) is 0.308. The first-order valence-corrected chi connectivity index (χ1v) is 5.76. The van der Waals surface area contributed by atoms with Crippen LogP contribution in [0, 0.1) is 6.92 Å². The van der Waals surface area contributed by atoms with Crippen LogP contribution in [0.25, 0.3) is 5.82 Å². The van der Waals surface area contributed by atoms with Crippen LogP contribution in [0.3, 0.4) is 0 Å². The molecule has 0 unspecified atom stereocenters. The van der Waals surface area contributed by atoms with Gasteiger partial charge >= 0.3 is 0 Å². The Morgan fingerprint density at radius 1 is 1.47 bits per heavy atom. The molecule has 4 nitrogen and oxygen atoms in total. The standard InChI is InChI=1S/C13H13N3O/c1-9-11(8-17)7-16(15-9)13-12(10-4-5-10)3-2-6-14-13/h2-3,6-8,10H,4-5H2,1H3. The molecule has 0 aliphatic heterocycles. The largest absolute Gasteiger partial charge is 0.298 e. The minimum atomic E-state index is 0.614. The van der Waals surface area contributed by atoms with Gasteiger partial charge in [-0.1, -0.05) is 6.07 Å². The van der Waals surface area contributed by atoms with E-state index in [-0.39, 0.29) is 0 Å². The molecule has 0 N–H and O–H groups in total. The van der Waals surface area contributed by atoms with Crippen LogP contribution in [-0.2, 0) is 0 Å². The lowest BCUT2D eigenvalue weighted by molar-refractivity contribution is 0.112. The van der Waals surface area contributed by atoms with E-state index in [1.54, 1.807) is 17.1 Å². The van der Waals surface area contributed by atoms with Crippen LogP contribution in [0.1, 0.15) is 40.4 Å². The predicted octanol–water partition coefficient (Wildman–Crippen LogP) is 2.27. The molecular formula is C13H13N3O. The van der Waals surface area contributed by atoms with Crippen LogP contribution in [0.5, 0.6) is 0 Å². The Morgan fingerprint density at radius 3 is 2.94 bits per heavy atom. The summed E-state index contributed by atoms with van der Waals surface area (Å²) in [7, 11) is 0. The Hall–Kier alpha value is -1.97. The Labute approximate surface area is 99.3 Å². The van der Waals surface area contributed by atoms with E-state index in [1.165, 1.54) is 18.4 Å². The van der Waals surface area contributed by atoms with Crippen molar-refractivity contribution in [1.82, 2.24) is 14.8 Å². The van der Waals surface area contributed by atoms with E-state index in [0.29, 0.717) is 11.5 Å². The maximum atomic E-state index is 10.8. The van der Waals surface area contributed by atoms with E-state index < -0.39 is 0 Å². The topological polar surface area (TPSA) is 47.8 Å². The van der Waals surface area contributed by atoms with Gasteiger partial charge in [0.25, 0.3) is 0 Å². The van der Waals surface area contributed by atoms with Crippen molar-refractivity contribution in [1.29, 1.82) is 0 Å². The fourth-order valence-electron chi connectivity index (χ4n) is 2.01. The zero-order valence-corrected chi connectivity index (χ0v) is 9.63. The molecule has 0 aromatic carbocycles. The molecule has 1 aliphatic carbocycles. The SMILES string of the molecule is Cc1nn(-c2ncccc2C2CC2)cc1C=O. The number of hydrogen-bond acceptors (Lipinski definition) is 3. The molecule has 17 heavy (non-hydrogen) atoms. The maximum absolute atomic E-state index is 10.8. The summed E-state index contributed by atoms with van der Waals surface area (Å²) in [6.45, 7) is 1.83. The zero-order chi connectivity index (χ0) is 11.8. The van der Waals surface area contributed by atoms with Gasteiger partial charge < -0.3 is 0 Å². The summed E-state index contributed by atoms with van der Waals surface area (Å²) in [5.74, 6) is 1.47. The van der Waals surface area contributed by atoms with Gasteiger partial charge in [0.15, 0.2) is 12.1 Å². The zero-order valence-electron chi connectivity index (χ0n) is 9.63.